The highest BCUT2D eigenvalue weighted by molar-refractivity contribution is 5.31. The Labute approximate surface area is 126 Å². The third kappa shape index (κ3) is 2.90. The molecule has 3 aliphatic heterocycles. The van der Waals surface area contributed by atoms with Gasteiger partial charge in [0.1, 0.15) is 0 Å². The van der Waals surface area contributed by atoms with E-state index in [9.17, 15) is 0 Å². The maximum absolute atomic E-state index is 5.46. The molecule has 5 heteroatoms. The molecule has 0 unspecified atom stereocenters. The Kier molecular flexibility index (Phi) is 3.78. The van der Waals surface area contributed by atoms with E-state index in [2.05, 4.69) is 19.8 Å². The Bertz CT molecular complexity index is 449. The van der Waals surface area contributed by atoms with Crippen molar-refractivity contribution >= 4 is 5.95 Å². The second-order valence-corrected chi connectivity index (χ2v) is 6.75. The normalized spacial score (nSPS) is 30.8. The number of fused-ring (bicyclic) bond motifs is 1. The lowest BCUT2D eigenvalue weighted by Gasteiger charge is -2.28. The zero-order valence-corrected chi connectivity index (χ0v) is 12.5. The van der Waals surface area contributed by atoms with Crippen LogP contribution in [0.2, 0.25) is 0 Å². The van der Waals surface area contributed by atoms with Crippen LogP contribution in [0.25, 0.3) is 0 Å². The first-order valence-electron chi connectivity index (χ1n) is 8.20. The molecule has 3 saturated heterocycles. The first kappa shape index (κ1) is 13.5. The van der Waals surface area contributed by atoms with Gasteiger partial charge in [-0.15, -0.1) is 0 Å². The number of anilines is 1. The standard InChI is InChI=1S/C16H24N4O/c1-4-17-16(18-5-1)20-11-14-9-19(10-15(14)12-20)8-13-2-6-21-7-3-13/h1,4-5,13-15H,2-3,6-12H2/t14-,15+. The van der Waals surface area contributed by atoms with E-state index >= 15 is 0 Å². The van der Waals surface area contributed by atoms with E-state index in [4.69, 9.17) is 4.74 Å². The van der Waals surface area contributed by atoms with Gasteiger partial charge in [-0.2, -0.15) is 0 Å². The van der Waals surface area contributed by atoms with Gasteiger partial charge in [0.15, 0.2) is 0 Å². The van der Waals surface area contributed by atoms with E-state index in [1.807, 2.05) is 18.5 Å². The summed E-state index contributed by atoms with van der Waals surface area (Å²) in [6.07, 6.45) is 6.17. The minimum absolute atomic E-state index is 0.800. The third-order valence-electron chi connectivity index (χ3n) is 5.25. The number of ether oxygens (including phenoxy) is 1. The number of aromatic nitrogens is 2. The van der Waals surface area contributed by atoms with Crippen molar-refractivity contribution in [1.82, 2.24) is 14.9 Å². The molecule has 4 rings (SSSR count). The van der Waals surface area contributed by atoms with Crippen LogP contribution in [0.4, 0.5) is 5.95 Å². The van der Waals surface area contributed by atoms with E-state index in [1.165, 1.54) is 32.5 Å². The van der Waals surface area contributed by atoms with Gasteiger partial charge in [0.25, 0.3) is 0 Å². The number of nitrogens with zero attached hydrogens (tertiary/aromatic N) is 4. The number of likely N-dealkylation sites (tertiary alicyclic amines) is 1. The van der Waals surface area contributed by atoms with Gasteiger partial charge in [0.2, 0.25) is 5.95 Å². The van der Waals surface area contributed by atoms with Gasteiger partial charge in [-0.05, 0) is 36.7 Å². The van der Waals surface area contributed by atoms with Crippen LogP contribution in [0.15, 0.2) is 18.5 Å². The summed E-state index contributed by atoms with van der Waals surface area (Å²) in [6, 6.07) is 1.88. The highest BCUT2D eigenvalue weighted by Crippen LogP contribution is 2.33. The Morgan fingerprint density at radius 1 is 1.00 bits per heavy atom. The molecule has 0 aliphatic carbocycles. The van der Waals surface area contributed by atoms with Crippen LogP contribution in [0.3, 0.4) is 0 Å². The first-order valence-corrected chi connectivity index (χ1v) is 8.20. The van der Waals surface area contributed by atoms with Crippen molar-refractivity contribution in [3.63, 3.8) is 0 Å². The molecule has 0 aromatic carbocycles. The quantitative estimate of drug-likeness (QED) is 0.838. The fourth-order valence-electron chi connectivity index (χ4n) is 4.15. The highest BCUT2D eigenvalue weighted by atomic mass is 16.5. The molecule has 0 spiro atoms. The monoisotopic (exact) mass is 288 g/mol. The molecular formula is C16H24N4O. The summed E-state index contributed by atoms with van der Waals surface area (Å²) in [6.45, 7) is 7.96. The van der Waals surface area contributed by atoms with E-state index < -0.39 is 0 Å². The molecule has 21 heavy (non-hydrogen) atoms. The molecule has 1 aromatic rings. The van der Waals surface area contributed by atoms with Crippen molar-refractivity contribution in [2.75, 3.05) is 50.8 Å². The number of rotatable bonds is 3. The maximum atomic E-state index is 5.46. The third-order valence-corrected chi connectivity index (χ3v) is 5.25. The largest absolute Gasteiger partial charge is 0.381 e. The molecule has 3 aliphatic rings. The topological polar surface area (TPSA) is 41.5 Å². The average molecular weight is 288 g/mol. The van der Waals surface area contributed by atoms with E-state index in [1.54, 1.807) is 0 Å². The summed E-state index contributed by atoms with van der Waals surface area (Å²) in [7, 11) is 0. The summed E-state index contributed by atoms with van der Waals surface area (Å²) in [5.74, 6) is 3.36. The first-order chi connectivity index (χ1) is 10.4. The number of hydrogen-bond donors (Lipinski definition) is 0. The van der Waals surface area contributed by atoms with Crippen LogP contribution < -0.4 is 4.90 Å². The van der Waals surface area contributed by atoms with E-state index in [0.29, 0.717) is 0 Å². The predicted molar refractivity (Wildman–Crippen MR) is 81.2 cm³/mol. The van der Waals surface area contributed by atoms with Crippen molar-refractivity contribution in [3.05, 3.63) is 18.5 Å². The molecule has 0 bridgehead atoms. The minimum atomic E-state index is 0.800. The van der Waals surface area contributed by atoms with Gasteiger partial charge in [0.05, 0.1) is 0 Å². The Hall–Kier alpha value is -1.20. The van der Waals surface area contributed by atoms with Crippen LogP contribution in [-0.2, 0) is 4.74 Å². The number of hydrogen-bond acceptors (Lipinski definition) is 5. The van der Waals surface area contributed by atoms with Crippen LogP contribution >= 0.6 is 0 Å². The van der Waals surface area contributed by atoms with Crippen LogP contribution in [0, 0.1) is 17.8 Å². The zero-order valence-electron chi connectivity index (χ0n) is 12.5. The summed E-state index contributed by atoms with van der Waals surface area (Å²) in [5.41, 5.74) is 0. The van der Waals surface area contributed by atoms with Crippen molar-refractivity contribution < 1.29 is 4.74 Å². The molecule has 0 radical (unpaired) electrons. The second kappa shape index (κ2) is 5.89. The van der Waals surface area contributed by atoms with Gasteiger partial charge in [-0.1, -0.05) is 0 Å². The molecule has 2 atom stereocenters. The van der Waals surface area contributed by atoms with Gasteiger partial charge < -0.3 is 14.5 Å². The van der Waals surface area contributed by atoms with Gasteiger partial charge in [-0.3, -0.25) is 0 Å². The Morgan fingerprint density at radius 3 is 2.33 bits per heavy atom. The van der Waals surface area contributed by atoms with Crippen LogP contribution in [0.5, 0.6) is 0 Å². The summed E-state index contributed by atoms with van der Waals surface area (Å²) < 4.78 is 5.46. The van der Waals surface area contributed by atoms with Gasteiger partial charge >= 0.3 is 0 Å². The summed E-state index contributed by atoms with van der Waals surface area (Å²) in [5, 5.41) is 0. The lowest BCUT2D eigenvalue weighted by Crippen LogP contribution is -2.34. The molecule has 0 N–H and O–H groups in total. The van der Waals surface area contributed by atoms with E-state index in [-0.39, 0.29) is 0 Å². The maximum Gasteiger partial charge on any atom is 0.225 e. The zero-order chi connectivity index (χ0) is 14.1. The van der Waals surface area contributed by atoms with Crippen molar-refractivity contribution in [1.29, 1.82) is 0 Å². The molecule has 5 nitrogen and oxygen atoms in total. The summed E-state index contributed by atoms with van der Waals surface area (Å²) in [4.78, 5) is 13.8. The minimum Gasteiger partial charge on any atom is -0.381 e. The van der Waals surface area contributed by atoms with Crippen LogP contribution in [-0.4, -0.2) is 60.8 Å². The smallest absolute Gasteiger partial charge is 0.225 e. The molecule has 3 fully saturated rings. The molecule has 0 amide bonds. The summed E-state index contributed by atoms with van der Waals surface area (Å²) >= 11 is 0. The average Bonchev–Trinajstić information content (AvgIpc) is 3.07. The van der Waals surface area contributed by atoms with Crippen molar-refractivity contribution in [2.45, 2.75) is 12.8 Å². The second-order valence-electron chi connectivity index (χ2n) is 6.75. The lowest BCUT2D eigenvalue weighted by atomic mass is 10.00. The SMILES string of the molecule is c1cnc(N2C[C@H]3CN(CC4CCOCC4)C[C@H]3C2)nc1. The molecule has 0 saturated carbocycles. The van der Waals surface area contributed by atoms with Gasteiger partial charge in [-0.25, -0.2) is 9.97 Å². The van der Waals surface area contributed by atoms with Crippen molar-refractivity contribution in [2.24, 2.45) is 17.8 Å². The molecular weight excluding hydrogens is 264 g/mol. The Balaban J connectivity index is 1.31. The van der Waals surface area contributed by atoms with E-state index in [0.717, 1.165) is 50.0 Å². The van der Waals surface area contributed by atoms with Crippen LogP contribution in [0.1, 0.15) is 12.8 Å². The fraction of sp³-hybridized carbons (Fsp3) is 0.750. The fourth-order valence-corrected chi connectivity index (χ4v) is 4.15. The molecule has 114 valence electrons. The Morgan fingerprint density at radius 2 is 1.67 bits per heavy atom. The highest BCUT2D eigenvalue weighted by Gasteiger charge is 2.41. The van der Waals surface area contributed by atoms with Gasteiger partial charge in [0, 0.05) is 58.3 Å². The predicted octanol–water partition coefficient (Wildman–Crippen LogP) is 1.27. The molecule has 1 aromatic heterocycles. The molecule has 4 heterocycles. The van der Waals surface area contributed by atoms with Crippen molar-refractivity contribution in [3.8, 4) is 0 Å². The lowest BCUT2D eigenvalue weighted by molar-refractivity contribution is 0.0547.